The minimum atomic E-state index is -0.644. The molecule has 1 unspecified atom stereocenters. The summed E-state index contributed by atoms with van der Waals surface area (Å²) in [4.78, 5) is 11.9. The van der Waals surface area contributed by atoms with E-state index in [2.05, 4.69) is 10.6 Å². The second-order valence-corrected chi connectivity index (χ2v) is 7.28. The second-order valence-electron chi connectivity index (χ2n) is 6.87. The van der Waals surface area contributed by atoms with Crippen molar-refractivity contribution >= 4 is 17.5 Å². The number of aliphatic hydroxyl groups excluding tert-OH is 1. The van der Waals surface area contributed by atoms with Gasteiger partial charge in [-0.1, -0.05) is 11.6 Å². The Morgan fingerprint density at radius 1 is 1.35 bits per heavy atom. The predicted molar refractivity (Wildman–Crippen MR) is 93.3 cm³/mol. The minimum absolute atomic E-state index is 0.0580. The van der Waals surface area contributed by atoms with Crippen molar-refractivity contribution < 1.29 is 14.6 Å². The number of carbonyl (C=O) groups excluding carboxylic acids is 1. The summed E-state index contributed by atoms with van der Waals surface area (Å²) < 4.78 is 5.53. The third-order valence-corrected chi connectivity index (χ3v) is 3.21. The van der Waals surface area contributed by atoms with Crippen molar-refractivity contribution in [2.75, 3.05) is 13.2 Å². The van der Waals surface area contributed by atoms with Gasteiger partial charge in [0.1, 0.15) is 18.5 Å². The van der Waals surface area contributed by atoms with Gasteiger partial charge < -0.3 is 20.5 Å². The molecule has 0 spiro atoms. The van der Waals surface area contributed by atoms with Crippen LogP contribution >= 0.6 is 11.6 Å². The van der Waals surface area contributed by atoms with Gasteiger partial charge in [-0.15, -0.1) is 0 Å². The van der Waals surface area contributed by atoms with Crippen LogP contribution < -0.4 is 15.4 Å². The zero-order valence-corrected chi connectivity index (χ0v) is 15.2. The summed E-state index contributed by atoms with van der Waals surface area (Å²) in [5, 5.41) is 16.3. The number of aliphatic hydroxyl groups is 1. The summed E-state index contributed by atoms with van der Waals surface area (Å²) in [5.41, 5.74) is 0.412. The number of halogens is 1. The van der Waals surface area contributed by atoms with Crippen LogP contribution in [0.5, 0.6) is 5.75 Å². The van der Waals surface area contributed by atoms with E-state index in [0.29, 0.717) is 22.9 Å². The summed E-state index contributed by atoms with van der Waals surface area (Å²) in [6.45, 7) is 10.4. The van der Waals surface area contributed by atoms with Crippen LogP contribution in [0.2, 0.25) is 5.02 Å². The molecule has 23 heavy (non-hydrogen) atoms. The Kier molecular flexibility index (Phi) is 7.32. The maximum Gasteiger partial charge on any atom is 0.251 e. The third kappa shape index (κ3) is 7.68. The number of nitrogens with one attached hydrogen (secondary N) is 2. The molecular weight excluding hydrogens is 316 g/mol. The quantitative estimate of drug-likeness (QED) is 0.712. The van der Waals surface area contributed by atoms with E-state index in [1.54, 1.807) is 18.2 Å². The van der Waals surface area contributed by atoms with Crippen molar-refractivity contribution in [1.82, 2.24) is 10.6 Å². The standard InChI is InChI=1S/C17H27ClN2O3/c1-11(2)20-16(22)12-6-7-15(14(18)8-12)23-10-13(21)9-19-17(3,4)5/h6-8,11,13,19,21H,9-10H2,1-5H3,(H,20,22). The van der Waals surface area contributed by atoms with Crippen molar-refractivity contribution in [3.8, 4) is 5.75 Å². The van der Waals surface area contributed by atoms with Gasteiger partial charge in [-0.05, 0) is 52.8 Å². The number of amides is 1. The number of hydrogen-bond donors (Lipinski definition) is 3. The Morgan fingerprint density at radius 3 is 2.52 bits per heavy atom. The lowest BCUT2D eigenvalue weighted by Gasteiger charge is -2.23. The molecule has 0 fully saturated rings. The van der Waals surface area contributed by atoms with Gasteiger partial charge in [0.05, 0.1) is 5.02 Å². The fourth-order valence-corrected chi connectivity index (χ4v) is 2.01. The normalized spacial score (nSPS) is 13.0. The summed E-state index contributed by atoms with van der Waals surface area (Å²) in [6, 6.07) is 4.91. The molecule has 1 aromatic carbocycles. The van der Waals surface area contributed by atoms with E-state index in [1.807, 2.05) is 34.6 Å². The lowest BCUT2D eigenvalue weighted by atomic mass is 10.1. The Bertz CT molecular complexity index is 527. The molecule has 0 radical (unpaired) electrons. The zero-order chi connectivity index (χ0) is 17.6. The number of ether oxygens (including phenoxy) is 1. The van der Waals surface area contributed by atoms with E-state index in [9.17, 15) is 9.90 Å². The van der Waals surface area contributed by atoms with Crippen molar-refractivity contribution in [2.24, 2.45) is 0 Å². The Balaban J connectivity index is 2.57. The van der Waals surface area contributed by atoms with E-state index in [1.165, 1.54) is 0 Å². The lowest BCUT2D eigenvalue weighted by Crippen LogP contribution is -2.42. The number of hydrogen-bond acceptors (Lipinski definition) is 4. The first-order valence-corrected chi connectivity index (χ1v) is 8.12. The average molecular weight is 343 g/mol. The van der Waals surface area contributed by atoms with Crippen LogP contribution in [0.4, 0.5) is 0 Å². The topological polar surface area (TPSA) is 70.6 Å². The highest BCUT2D eigenvalue weighted by Gasteiger charge is 2.14. The van der Waals surface area contributed by atoms with Crippen LogP contribution in [0.25, 0.3) is 0 Å². The summed E-state index contributed by atoms with van der Waals surface area (Å²) in [5.74, 6) is 0.269. The van der Waals surface area contributed by atoms with Crippen molar-refractivity contribution in [3.63, 3.8) is 0 Å². The smallest absolute Gasteiger partial charge is 0.251 e. The molecule has 6 heteroatoms. The Hall–Kier alpha value is -1.30. The number of benzene rings is 1. The fraction of sp³-hybridized carbons (Fsp3) is 0.588. The molecule has 3 N–H and O–H groups in total. The molecule has 1 aromatic rings. The molecule has 1 amide bonds. The summed E-state index contributed by atoms with van der Waals surface area (Å²) in [6.07, 6.45) is -0.644. The van der Waals surface area contributed by atoms with Gasteiger partial charge in [0.25, 0.3) is 5.91 Å². The molecule has 5 nitrogen and oxygen atoms in total. The first kappa shape index (κ1) is 19.7. The molecule has 0 aliphatic rings. The van der Waals surface area contributed by atoms with E-state index in [0.717, 1.165) is 0 Å². The molecule has 0 bridgehead atoms. The second kappa shape index (κ2) is 8.52. The van der Waals surface area contributed by atoms with Gasteiger partial charge in [0, 0.05) is 23.7 Å². The molecule has 0 aliphatic carbocycles. The maximum atomic E-state index is 11.9. The molecule has 0 aromatic heterocycles. The zero-order valence-electron chi connectivity index (χ0n) is 14.4. The van der Waals surface area contributed by atoms with Crippen LogP contribution in [0, 0.1) is 0 Å². The Morgan fingerprint density at radius 2 is 2.00 bits per heavy atom. The van der Waals surface area contributed by atoms with Crippen molar-refractivity contribution in [2.45, 2.75) is 52.3 Å². The average Bonchev–Trinajstić information content (AvgIpc) is 2.42. The van der Waals surface area contributed by atoms with Crippen LogP contribution in [0.3, 0.4) is 0 Å². The first-order chi connectivity index (χ1) is 10.6. The van der Waals surface area contributed by atoms with Gasteiger partial charge >= 0.3 is 0 Å². The molecule has 0 saturated heterocycles. The molecule has 130 valence electrons. The molecule has 1 atom stereocenters. The molecule has 0 saturated carbocycles. The van der Waals surface area contributed by atoms with Crippen LogP contribution in [0.15, 0.2) is 18.2 Å². The van der Waals surface area contributed by atoms with Crippen LogP contribution in [0.1, 0.15) is 45.0 Å². The number of carbonyl (C=O) groups is 1. The highest BCUT2D eigenvalue weighted by molar-refractivity contribution is 6.32. The number of β-amino-alcohol motifs (C(OH)–C–C–N with tert-alkyl or cyclic N) is 1. The van der Waals surface area contributed by atoms with E-state index in [4.69, 9.17) is 16.3 Å². The van der Waals surface area contributed by atoms with Crippen LogP contribution in [-0.4, -0.2) is 41.9 Å². The van der Waals surface area contributed by atoms with E-state index in [-0.39, 0.29) is 24.1 Å². The van der Waals surface area contributed by atoms with Gasteiger partial charge in [-0.3, -0.25) is 4.79 Å². The number of rotatable bonds is 7. The highest BCUT2D eigenvalue weighted by Crippen LogP contribution is 2.25. The summed E-state index contributed by atoms with van der Waals surface area (Å²) in [7, 11) is 0. The van der Waals surface area contributed by atoms with Gasteiger partial charge in [0.15, 0.2) is 0 Å². The SMILES string of the molecule is CC(C)NC(=O)c1ccc(OCC(O)CNC(C)(C)C)c(Cl)c1. The Labute approximate surface area is 143 Å². The molecular formula is C17H27ClN2O3. The largest absolute Gasteiger partial charge is 0.489 e. The van der Waals surface area contributed by atoms with Crippen molar-refractivity contribution in [3.05, 3.63) is 28.8 Å². The minimum Gasteiger partial charge on any atom is -0.489 e. The summed E-state index contributed by atoms with van der Waals surface area (Å²) >= 11 is 6.14. The van der Waals surface area contributed by atoms with Crippen LogP contribution in [-0.2, 0) is 0 Å². The predicted octanol–water partition coefficient (Wildman–Crippen LogP) is 2.61. The highest BCUT2D eigenvalue weighted by atomic mass is 35.5. The van der Waals surface area contributed by atoms with Gasteiger partial charge in [-0.2, -0.15) is 0 Å². The maximum absolute atomic E-state index is 11.9. The van der Waals surface area contributed by atoms with E-state index < -0.39 is 6.10 Å². The van der Waals surface area contributed by atoms with Gasteiger partial charge in [0.2, 0.25) is 0 Å². The van der Waals surface area contributed by atoms with E-state index >= 15 is 0 Å². The first-order valence-electron chi connectivity index (χ1n) is 7.75. The molecule has 0 heterocycles. The monoisotopic (exact) mass is 342 g/mol. The molecule has 0 aliphatic heterocycles. The van der Waals surface area contributed by atoms with Crippen molar-refractivity contribution in [1.29, 1.82) is 0 Å². The third-order valence-electron chi connectivity index (χ3n) is 2.91. The van der Waals surface area contributed by atoms with Gasteiger partial charge in [-0.25, -0.2) is 0 Å². The molecule has 1 rings (SSSR count). The fourth-order valence-electron chi connectivity index (χ4n) is 1.77. The lowest BCUT2D eigenvalue weighted by molar-refractivity contribution is 0.0941.